The average Bonchev–Trinajstić information content (AvgIpc) is 3.28. The summed E-state index contributed by atoms with van der Waals surface area (Å²) >= 11 is 7.04. The summed E-state index contributed by atoms with van der Waals surface area (Å²) in [4.78, 5) is 29.4. The Bertz CT molecular complexity index is 723. The molecule has 0 radical (unpaired) electrons. The van der Waals surface area contributed by atoms with E-state index in [4.69, 9.17) is 5.73 Å². The maximum absolute atomic E-state index is 13.3. The lowest BCUT2D eigenvalue weighted by Crippen LogP contribution is -2.55. The minimum Gasteiger partial charge on any atom is -0.391 e. The molecule has 3 rings (SSSR count). The number of halogens is 2. The van der Waals surface area contributed by atoms with Crippen LogP contribution in [0.25, 0.3) is 0 Å². The van der Waals surface area contributed by atoms with Crippen molar-refractivity contribution in [3.63, 3.8) is 0 Å². The van der Waals surface area contributed by atoms with Gasteiger partial charge in [0.15, 0.2) is 0 Å². The van der Waals surface area contributed by atoms with Crippen LogP contribution in [0.15, 0.2) is 27.1 Å². The Hall–Kier alpha value is -0.960. The molecule has 1 aromatic carbocycles. The van der Waals surface area contributed by atoms with Crippen LogP contribution in [-0.4, -0.2) is 64.0 Å². The lowest BCUT2D eigenvalue weighted by molar-refractivity contribution is -0.146. The predicted octanol–water partition coefficient (Wildman–Crippen LogP) is 2.44. The van der Waals surface area contributed by atoms with E-state index in [0.29, 0.717) is 13.0 Å². The lowest BCUT2D eigenvalue weighted by Gasteiger charge is -2.33. The zero-order valence-corrected chi connectivity index (χ0v) is 19.2. The Balaban J connectivity index is 1.72. The molecule has 154 valence electrons. The van der Waals surface area contributed by atoms with Gasteiger partial charge in [-0.05, 0) is 62.8 Å². The van der Waals surface area contributed by atoms with E-state index in [1.54, 1.807) is 4.90 Å². The Labute approximate surface area is 182 Å². The molecule has 2 saturated heterocycles. The van der Waals surface area contributed by atoms with Crippen molar-refractivity contribution in [3.8, 4) is 0 Å². The van der Waals surface area contributed by atoms with Crippen LogP contribution in [0, 0.1) is 0 Å². The zero-order chi connectivity index (χ0) is 20.4. The van der Waals surface area contributed by atoms with Gasteiger partial charge in [0.25, 0.3) is 0 Å². The van der Waals surface area contributed by atoms with Crippen molar-refractivity contribution < 1.29 is 14.7 Å². The van der Waals surface area contributed by atoms with Crippen molar-refractivity contribution in [2.24, 2.45) is 5.73 Å². The molecule has 0 saturated carbocycles. The zero-order valence-electron chi connectivity index (χ0n) is 16.0. The summed E-state index contributed by atoms with van der Waals surface area (Å²) in [7, 11) is 0. The smallest absolute Gasteiger partial charge is 0.245 e. The molecule has 8 heteroatoms. The van der Waals surface area contributed by atoms with Crippen molar-refractivity contribution in [2.75, 3.05) is 13.1 Å². The predicted molar refractivity (Wildman–Crippen MR) is 115 cm³/mol. The second-order valence-corrected chi connectivity index (χ2v) is 9.60. The fourth-order valence-electron chi connectivity index (χ4n) is 4.22. The summed E-state index contributed by atoms with van der Waals surface area (Å²) in [5.74, 6) is -0.322. The first kappa shape index (κ1) is 21.7. The third-order valence-electron chi connectivity index (χ3n) is 5.68. The van der Waals surface area contributed by atoms with E-state index in [-0.39, 0.29) is 17.9 Å². The maximum atomic E-state index is 13.3. The van der Waals surface area contributed by atoms with E-state index in [2.05, 4.69) is 44.0 Å². The first-order valence-corrected chi connectivity index (χ1v) is 11.4. The SMILES string of the molecule is C[C@@H](O)[C@H](N)C(=O)N1CCC[C@H]1C(=O)N1CCC[C@H]1Cc1cc(Br)cc(Br)c1. The van der Waals surface area contributed by atoms with Crippen molar-refractivity contribution in [2.45, 2.75) is 63.3 Å². The van der Waals surface area contributed by atoms with Gasteiger partial charge in [-0.2, -0.15) is 0 Å². The number of aliphatic hydroxyl groups excluding tert-OH is 1. The highest BCUT2D eigenvalue weighted by molar-refractivity contribution is 9.11. The van der Waals surface area contributed by atoms with Crippen LogP contribution in [0.2, 0.25) is 0 Å². The Morgan fingerprint density at radius 2 is 1.75 bits per heavy atom. The van der Waals surface area contributed by atoms with Crippen LogP contribution < -0.4 is 5.73 Å². The molecule has 1 aromatic rings. The number of aliphatic hydroxyl groups is 1. The molecule has 0 spiro atoms. The van der Waals surface area contributed by atoms with Crippen molar-refractivity contribution >= 4 is 43.7 Å². The molecule has 28 heavy (non-hydrogen) atoms. The van der Waals surface area contributed by atoms with Gasteiger partial charge in [-0.3, -0.25) is 9.59 Å². The summed E-state index contributed by atoms with van der Waals surface area (Å²) in [5, 5.41) is 9.66. The van der Waals surface area contributed by atoms with Crippen LogP contribution in [-0.2, 0) is 16.0 Å². The number of nitrogens with zero attached hydrogens (tertiary/aromatic N) is 2. The molecule has 0 aliphatic carbocycles. The first-order valence-electron chi connectivity index (χ1n) is 9.77. The largest absolute Gasteiger partial charge is 0.391 e. The second-order valence-electron chi connectivity index (χ2n) is 7.77. The first-order chi connectivity index (χ1) is 13.3. The van der Waals surface area contributed by atoms with Crippen LogP contribution in [0.4, 0.5) is 0 Å². The van der Waals surface area contributed by atoms with Gasteiger partial charge in [-0.25, -0.2) is 0 Å². The molecule has 4 atom stereocenters. The minimum absolute atomic E-state index is 0.0141. The van der Waals surface area contributed by atoms with Crippen LogP contribution in [0.3, 0.4) is 0 Å². The Morgan fingerprint density at radius 3 is 2.39 bits per heavy atom. The number of hydrogen-bond acceptors (Lipinski definition) is 4. The van der Waals surface area contributed by atoms with Gasteiger partial charge in [-0.15, -0.1) is 0 Å². The monoisotopic (exact) mass is 515 g/mol. The highest BCUT2D eigenvalue weighted by atomic mass is 79.9. The second kappa shape index (κ2) is 9.24. The van der Waals surface area contributed by atoms with E-state index in [1.807, 2.05) is 11.0 Å². The molecule has 2 heterocycles. The molecule has 0 bridgehead atoms. The summed E-state index contributed by atoms with van der Waals surface area (Å²) in [6.07, 6.45) is 3.23. The highest BCUT2D eigenvalue weighted by Gasteiger charge is 2.41. The van der Waals surface area contributed by atoms with Crippen molar-refractivity contribution in [1.29, 1.82) is 0 Å². The van der Waals surface area contributed by atoms with Crippen molar-refractivity contribution in [1.82, 2.24) is 9.80 Å². The number of carbonyl (C=O) groups is 2. The standard InChI is InChI=1S/C20H27Br2N3O3/c1-12(26)18(23)20(28)25-7-3-5-17(25)19(27)24-6-2-4-16(24)10-13-8-14(21)11-15(22)9-13/h8-9,11-12,16-18,26H,2-7,10,23H2,1H3/t12-,16+,17+,18+/m1/s1. The van der Waals surface area contributed by atoms with Gasteiger partial charge >= 0.3 is 0 Å². The molecule has 2 aliphatic heterocycles. The van der Waals surface area contributed by atoms with E-state index in [0.717, 1.165) is 41.2 Å². The summed E-state index contributed by atoms with van der Waals surface area (Å²) in [5.41, 5.74) is 7.01. The van der Waals surface area contributed by atoms with Crippen LogP contribution in [0.1, 0.15) is 38.2 Å². The fourth-order valence-corrected chi connectivity index (χ4v) is 5.60. The molecule has 2 aliphatic rings. The number of benzene rings is 1. The molecule has 0 unspecified atom stereocenters. The van der Waals surface area contributed by atoms with E-state index >= 15 is 0 Å². The van der Waals surface area contributed by atoms with E-state index in [9.17, 15) is 14.7 Å². The Kier molecular flexibility index (Phi) is 7.17. The molecule has 0 aromatic heterocycles. The molecular weight excluding hydrogens is 490 g/mol. The fraction of sp³-hybridized carbons (Fsp3) is 0.600. The number of hydrogen-bond donors (Lipinski definition) is 2. The summed E-state index contributed by atoms with van der Waals surface area (Å²) in [6, 6.07) is 4.84. The summed E-state index contributed by atoms with van der Waals surface area (Å²) < 4.78 is 2.01. The van der Waals surface area contributed by atoms with Crippen molar-refractivity contribution in [3.05, 3.63) is 32.7 Å². The number of carbonyl (C=O) groups excluding carboxylic acids is 2. The number of likely N-dealkylation sites (tertiary alicyclic amines) is 2. The number of nitrogens with two attached hydrogens (primary N) is 1. The number of amides is 2. The van der Waals surface area contributed by atoms with Crippen LogP contribution in [0.5, 0.6) is 0 Å². The molecule has 3 N–H and O–H groups in total. The quantitative estimate of drug-likeness (QED) is 0.629. The van der Waals surface area contributed by atoms with Gasteiger partial charge in [0, 0.05) is 28.1 Å². The Morgan fingerprint density at radius 1 is 1.14 bits per heavy atom. The van der Waals surface area contributed by atoms with Crippen LogP contribution >= 0.6 is 31.9 Å². The average molecular weight is 517 g/mol. The highest BCUT2D eigenvalue weighted by Crippen LogP contribution is 2.29. The molecule has 2 fully saturated rings. The third-order valence-corrected chi connectivity index (χ3v) is 6.60. The minimum atomic E-state index is -0.984. The van der Waals surface area contributed by atoms with Gasteiger partial charge in [0.1, 0.15) is 12.1 Å². The normalized spacial score (nSPS) is 24.5. The number of rotatable bonds is 5. The van der Waals surface area contributed by atoms with Gasteiger partial charge in [-0.1, -0.05) is 31.9 Å². The molecular formula is C20H27Br2N3O3. The van der Waals surface area contributed by atoms with E-state index in [1.165, 1.54) is 12.5 Å². The maximum Gasteiger partial charge on any atom is 0.245 e. The van der Waals surface area contributed by atoms with E-state index < -0.39 is 18.2 Å². The van der Waals surface area contributed by atoms with Gasteiger partial charge < -0.3 is 20.6 Å². The third kappa shape index (κ3) is 4.78. The van der Waals surface area contributed by atoms with Gasteiger partial charge in [0.2, 0.25) is 11.8 Å². The topological polar surface area (TPSA) is 86.9 Å². The summed E-state index contributed by atoms with van der Waals surface area (Å²) in [6.45, 7) is 2.74. The lowest BCUT2D eigenvalue weighted by atomic mass is 10.0. The van der Waals surface area contributed by atoms with Gasteiger partial charge in [0.05, 0.1) is 6.10 Å². The molecule has 6 nitrogen and oxygen atoms in total. The molecule has 2 amide bonds.